The average molecular weight is 440 g/mol. The lowest BCUT2D eigenvalue weighted by atomic mass is 10.0. The molecule has 0 saturated heterocycles. The van der Waals surface area contributed by atoms with Crippen molar-refractivity contribution in [1.29, 1.82) is 0 Å². The second-order valence-electron chi connectivity index (χ2n) is 6.31. The predicted octanol–water partition coefficient (Wildman–Crippen LogP) is 3.84. The van der Waals surface area contributed by atoms with Gasteiger partial charge >= 0.3 is 0 Å². The van der Waals surface area contributed by atoms with E-state index in [9.17, 15) is 0 Å². The molecule has 1 atom stereocenters. The van der Waals surface area contributed by atoms with Gasteiger partial charge in [-0.3, -0.25) is 0 Å². The number of nitrogen functional groups attached to an aromatic ring is 2. The fraction of sp³-hybridized carbons (Fsp3) is 0.105. The Hall–Kier alpha value is -3.55. The monoisotopic (exact) mass is 439 g/mol. The summed E-state index contributed by atoms with van der Waals surface area (Å²) in [6.45, 7) is 9.29. The molecule has 0 aliphatic rings. The maximum Gasteiger partial charge on any atom is 0.268 e. The SMILES string of the molecule is S.[C-]#[N+]c1c(N)nc(N)nc1N[C@@H](C)c1cn2ncc(Cl)c2nc1-c1ccccc1. The normalized spacial score (nSPS) is 11.5. The van der Waals surface area contributed by atoms with Crippen LogP contribution in [0.2, 0.25) is 5.02 Å². The summed E-state index contributed by atoms with van der Waals surface area (Å²) in [6, 6.07) is 9.42. The van der Waals surface area contributed by atoms with Crippen LogP contribution in [0.3, 0.4) is 0 Å². The van der Waals surface area contributed by atoms with Crippen molar-refractivity contribution in [3.8, 4) is 11.3 Å². The van der Waals surface area contributed by atoms with Gasteiger partial charge in [-0.15, -0.1) is 0 Å². The zero-order valence-corrected chi connectivity index (χ0v) is 17.6. The van der Waals surface area contributed by atoms with Crippen molar-refractivity contribution in [1.82, 2.24) is 24.6 Å². The molecule has 4 rings (SSSR count). The van der Waals surface area contributed by atoms with E-state index >= 15 is 0 Å². The number of nitrogens with one attached hydrogen (secondary N) is 1. The topological polar surface area (TPSA) is 124 Å². The highest BCUT2D eigenvalue weighted by Crippen LogP contribution is 2.34. The Morgan fingerprint density at radius 3 is 2.60 bits per heavy atom. The third kappa shape index (κ3) is 3.80. The average Bonchev–Trinajstić information content (AvgIpc) is 3.07. The summed E-state index contributed by atoms with van der Waals surface area (Å²) >= 11 is 6.23. The molecule has 0 saturated carbocycles. The van der Waals surface area contributed by atoms with Gasteiger partial charge in [0, 0.05) is 17.3 Å². The van der Waals surface area contributed by atoms with Crippen LogP contribution < -0.4 is 16.8 Å². The van der Waals surface area contributed by atoms with E-state index in [1.54, 1.807) is 10.7 Å². The number of hydrogen-bond donors (Lipinski definition) is 3. The lowest BCUT2D eigenvalue weighted by Gasteiger charge is -2.19. The van der Waals surface area contributed by atoms with Crippen molar-refractivity contribution in [2.24, 2.45) is 0 Å². The summed E-state index contributed by atoms with van der Waals surface area (Å²) in [7, 11) is 0. The van der Waals surface area contributed by atoms with Gasteiger partial charge in [-0.25, -0.2) is 24.3 Å². The summed E-state index contributed by atoms with van der Waals surface area (Å²) in [6.07, 6.45) is 3.39. The van der Waals surface area contributed by atoms with E-state index < -0.39 is 0 Å². The third-order valence-corrected chi connectivity index (χ3v) is 4.65. The Kier molecular flexibility index (Phi) is 5.96. The lowest BCUT2D eigenvalue weighted by molar-refractivity contribution is 0.832. The molecular weight excluding hydrogens is 422 g/mol. The van der Waals surface area contributed by atoms with Gasteiger partial charge < -0.3 is 16.8 Å². The van der Waals surface area contributed by atoms with Crippen LogP contribution >= 0.6 is 25.1 Å². The van der Waals surface area contributed by atoms with Crippen LogP contribution in [0.1, 0.15) is 18.5 Å². The molecule has 0 radical (unpaired) electrons. The fourth-order valence-electron chi connectivity index (χ4n) is 3.03. The number of halogens is 1. The van der Waals surface area contributed by atoms with E-state index in [1.807, 2.05) is 43.5 Å². The number of fused-ring (bicyclic) bond motifs is 1. The van der Waals surface area contributed by atoms with Gasteiger partial charge in [-0.1, -0.05) is 41.9 Å². The number of nitrogens with zero attached hydrogens (tertiary/aromatic N) is 6. The highest BCUT2D eigenvalue weighted by atomic mass is 35.5. The van der Waals surface area contributed by atoms with Crippen LogP contribution in [0.5, 0.6) is 0 Å². The van der Waals surface area contributed by atoms with Crippen molar-refractivity contribution in [2.45, 2.75) is 13.0 Å². The van der Waals surface area contributed by atoms with Crippen LogP contribution in [0.25, 0.3) is 21.7 Å². The van der Waals surface area contributed by atoms with E-state index in [2.05, 4.69) is 25.2 Å². The molecule has 3 heterocycles. The molecule has 4 aromatic rings. The summed E-state index contributed by atoms with van der Waals surface area (Å²) in [5.41, 5.74) is 14.7. The van der Waals surface area contributed by atoms with Crippen molar-refractivity contribution in [2.75, 3.05) is 16.8 Å². The number of rotatable bonds is 4. The largest absolute Gasteiger partial charge is 0.392 e. The zero-order valence-electron chi connectivity index (χ0n) is 15.8. The highest BCUT2D eigenvalue weighted by molar-refractivity contribution is 7.59. The Bertz CT molecular complexity index is 1250. The molecule has 0 aliphatic carbocycles. The summed E-state index contributed by atoms with van der Waals surface area (Å²) in [5, 5.41) is 7.91. The van der Waals surface area contributed by atoms with Crippen LogP contribution in [0.15, 0.2) is 42.7 Å². The molecule has 0 spiro atoms. The van der Waals surface area contributed by atoms with Crippen molar-refractivity contribution in [3.63, 3.8) is 0 Å². The Labute approximate surface area is 184 Å². The third-order valence-electron chi connectivity index (χ3n) is 4.39. The van der Waals surface area contributed by atoms with E-state index in [1.165, 1.54) is 0 Å². The quantitative estimate of drug-likeness (QED) is 0.412. The maximum atomic E-state index is 7.38. The number of aromatic nitrogens is 5. The standard InChI is InChI=1S/C19H16ClN9.H2S/c1-10(25-17-15(23-2)16(21)27-19(22)28-17)12-9-29-18(13(20)8-24-29)26-14(12)11-6-4-3-5-7-11;/h3-10H,1H3,(H5,21,22,25,27,28);1H2/t10-;/m0./s1. The van der Waals surface area contributed by atoms with E-state index in [4.69, 9.17) is 34.6 Å². The molecule has 30 heavy (non-hydrogen) atoms. The molecule has 0 fully saturated rings. The van der Waals surface area contributed by atoms with Crippen LogP contribution in [-0.2, 0) is 0 Å². The second kappa shape index (κ2) is 8.44. The first-order chi connectivity index (χ1) is 14.0. The second-order valence-corrected chi connectivity index (χ2v) is 6.72. The molecule has 152 valence electrons. The summed E-state index contributed by atoms with van der Waals surface area (Å²) < 4.78 is 1.61. The van der Waals surface area contributed by atoms with Gasteiger partial charge in [0.1, 0.15) is 16.7 Å². The van der Waals surface area contributed by atoms with Crippen molar-refractivity contribution in [3.05, 3.63) is 64.7 Å². The molecule has 9 nitrogen and oxygen atoms in total. The Morgan fingerprint density at radius 2 is 1.90 bits per heavy atom. The summed E-state index contributed by atoms with van der Waals surface area (Å²) in [4.78, 5) is 16.1. The number of hydrogen-bond acceptors (Lipinski definition) is 7. The van der Waals surface area contributed by atoms with E-state index in [0.29, 0.717) is 10.7 Å². The lowest BCUT2D eigenvalue weighted by Crippen LogP contribution is -2.13. The molecular formula is C19H18ClN9S. The molecule has 0 aliphatic heterocycles. The van der Waals surface area contributed by atoms with Crippen molar-refractivity contribution < 1.29 is 0 Å². The minimum atomic E-state index is -0.306. The number of benzene rings is 1. The predicted molar refractivity (Wildman–Crippen MR) is 123 cm³/mol. The first kappa shape index (κ1) is 21.2. The fourth-order valence-corrected chi connectivity index (χ4v) is 3.20. The smallest absolute Gasteiger partial charge is 0.268 e. The van der Waals surface area contributed by atoms with E-state index in [-0.39, 0.29) is 42.8 Å². The molecule has 5 N–H and O–H groups in total. The highest BCUT2D eigenvalue weighted by Gasteiger charge is 2.20. The Morgan fingerprint density at radius 1 is 1.17 bits per heavy atom. The minimum absolute atomic E-state index is 0. The van der Waals surface area contributed by atoms with Crippen LogP contribution in [-0.4, -0.2) is 24.6 Å². The van der Waals surface area contributed by atoms with Gasteiger partial charge in [0.05, 0.1) is 24.5 Å². The molecule has 1 aromatic carbocycles. The van der Waals surface area contributed by atoms with Gasteiger partial charge in [-0.05, 0) is 6.92 Å². The van der Waals surface area contributed by atoms with Gasteiger partial charge in [0.25, 0.3) is 5.69 Å². The van der Waals surface area contributed by atoms with E-state index in [0.717, 1.165) is 16.8 Å². The first-order valence-electron chi connectivity index (χ1n) is 8.64. The molecule has 3 aromatic heterocycles. The number of nitrogens with two attached hydrogens (primary N) is 2. The zero-order chi connectivity index (χ0) is 20.5. The Balaban J connectivity index is 0.00000256. The van der Waals surface area contributed by atoms with Crippen molar-refractivity contribution >= 4 is 54.0 Å². The summed E-state index contributed by atoms with van der Waals surface area (Å²) in [5.74, 6) is 0.272. The molecule has 0 amide bonds. The first-order valence-corrected chi connectivity index (χ1v) is 9.02. The van der Waals surface area contributed by atoms with Gasteiger partial charge in [0.15, 0.2) is 5.65 Å². The molecule has 0 unspecified atom stereocenters. The molecule has 0 bridgehead atoms. The minimum Gasteiger partial charge on any atom is -0.392 e. The van der Waals surface area contributed by atoms with Gasteiger partial charge in [-0.2, -0.15) is 18.6 Å². The van der Waals surface area contributed by atoms with Crippen LogP contribution in [0, 0.1) is 6.57 Å². The maximum absolute atomic E-state index is 7.38. The van der Waals surface area contributed by atoms with Gasteiger partial charge in [0.2, 0.25) is 5.95 Å². The van der Waals surface area contributed by atoms with Crippen LogP contribution in [0.4, 0.5) is 23.3 Å². The number of anilines is 3. The molecule has 11 heteroatoms.